The molecule has 0 spiro atoms. The summed E-state index contributed by atoms with van der Waals surface area (Å²) in [6, 6.07) is 17.1. The molecule has 1 heterocycles. The maximum atomic E-state index is 5.98. The molecular weight excluding hydrogens is 384 g/mol. The van der Waals surface area contributed by atoms with Crippen LogP contribution in [0.15, 0.2) is 60.9 Å². The van der Waals surface area contributed by atoms with Crippen molar-refractivity contribution in [3.63, 3.8) is 0 Å². The van der Waals surface area contributed by atoms with E-state index in [1.807, 2.05) is 6.20 Å². The lowest BCUT2D eigenvalue weighted by molar-refractivity contribution is 0.278. The van der Waals surface area contributed by atoms with E-state index in [0.29, 0.717) is 6.61 Å². The third kappa shape index (κ3) is 8.19. The first-order valence-electron chi connectivity index (χ1n) is 11.5. The second-order valence-electron chi connectivity index (χ2n) is 7.98. The molecule has 2 N–H and O–H groups in total. The average Bonchev–Trinajstić information content (AvgIpc) is 3.31. The maximum Gasteiger partial charge on any atom is 0.120 e. The zero-order valence-electron chi connectivity index (χ0n) is 18.9. The van der Waals surface area contributed by atoms with Crippen LogP contribution in [-0.2, 0) is 26.1 Å². The Bertz CT molecular complexity index is 838. The molecule has 0 fully saturated rings. The Hall–Kier alpha value is -2.63. The number of hydrogen-bond donors (Lipinski definition) is 2. The van der Waals surface area contributed by atoms with Crippen molar-refractivity contribution in [2.24, 2.45) is 0 Å². The first kappa shape index (κ1) is 23.0. The third-order valence-corrected chi connectivity index (χ3v) is 5.32. The van der Waals surface area contributed by atoms with Crippen LogP contribution in [0.4, 0.5) is 0 Å². The SMILES string of the molecule is CCCN(CCC)CCc1ccc(OCc2ccc(CNCc3ncc[nH]3)cc2)cc1. The van der Waals surface area contributed by atoms with Gasteiger partial charge in [0.1, 0.15) is 18.2 Å². The molecule has 3 rings (SSSR count). The highest BCUT2D eigenvalue weighted by Crippen LogP contribution is 2.15. The monoisotopic (exact) mass is 420 g/mol. The van der Waals surface area contributed by atoms with Gasteiger partial charge >= 0.3 is 0 Å². The fourth-order valence-electron chi connectivity index (χ4n) is 3.65. The number of aromatic amines is 1. The smallest absolute Gasteiger partial charge is 0.120 e. The molecule has 0 aliphatic rings. The zero-order valence-corrected chi connectivity index (χ0v) is 18.9. The molecule has 0 saturated carbocycles. The number of aromatic nitrogens is 2. The molecular formula is C26H36N4O. The number of hydrogen-bond acceptors (Lipinski definition) is 4. The first-order chi connectivity index (χ1) is 15.3. The van der Waals surface area contributed by atoms with E-state index in [0.717, 1.165) is 37.6 Å². The van der Waals surface area contributed by atoms with Crippen molar-refractivity contribution in [1.29, 1.82) is 0 Å². The molecule has 166 valence electrons. The Kier molecular flexibility index (Phi) is 9.61. The molecule has 5 nitrogen and oxygen atoms in total. The van der Waals surface area contributed by atoms with Crippen LogP contribution < -0.4 is 10.1 Å². The number of nitrogens with one attached hydrogen (secondary N) is 2. The summed E-state index contributed by atoms with van der Waals surface area (Å²) in [5, 5.41) is 3.39. The molecule has 0 radical (unpaired) electrons. The van der Waals surface area contributed by atoms with Crippen molar-refractivity contribution in [2.45, 2.75) is 52.8 Å². The number of imidazole rings is 1. The maximum absolute atomic E-state index is 5.98. The van der Waals surface area contributed by atoms with Gasteiger partial charge in [0.25, 0.3) is 0 Å². The molecule has 2 aromatic carbocycles. The van der Waals surface area contributed by atoms with Gasteiger partial charge in [0.15, 0.2) is 0 Å². The van der Waals surface area contributed by atoms with Gasteiger partial charge in [-0.05, 0) is 61.2 Å². The van der Waals surface area contributed by atoms with Gasteiger partial charge in [-0.2, -0.15) is 0 Å². The Morgan fingerprint density at radius 2 is 1.52 bits per heavy atom. The van der Waals surface area contributed by atoms with Gasteiger partial charge in [-0.15, -0.1) is 0 Å². The second-order valence-corrected chi connectivity index (χ2v) is 7.98. The number of ether oxygens (including phenoxy) is 1. The predicted octanol–water partition coefficient (Wildman–Crippen LogP) is 4.94. The summed E-state index contributed by atoms with van der Waals surface area (Å²) in [6.45, 7) is 10.1. The molecule has 0 aliphatic heterocycles. The van der Waals surface area contributed by atoms with E-state index >= 15 is 0 Å². The summed E-state index contributed by atoms with van der Waals surface area (Å²) < 4.78 is 5.98. The molecule has 0 aliphatic carbocycles. The minimum Gasteiger partial charge on any atom is -0.489 e. The van der Waals surface area contributed by atoms with E-state index in [2.05, 4.69) is 82.6 Å². The predicted molar refractivity (Wildman–Crippen MR) is 127 cm³/mol. The molecule has 1 aromatic heterocycles. The zero-order chi connectivity index (χ0) is 21.7. The van der Waals surface area contributed by atoms with Gasteiger partial charge in [0.2, 0.25) is 0 Å². The van der Waals surface area contributed by atoms with Gasteiger partial charge < -0.3 is 19.9 Å². The van der Waals surface area contributed by atoms with Crippen molar-refractivity contribution < 1.29 is 4.74 Å². The molecule has 31 heavy (non-hydrogen) atoms. The number of H-pyrrole nitrogens is 1. The van der Waals surface area contributed by atoms with Crippen molar-refractivity contribution in [3.8, 4) is 5.75 Å². The lowest BCUT2D eigenvalue weighted by Crippen LogP contribution is -2.27. The normalized spacial score (nSPS) is 11.2. The summed E-state index contributed by atoms with van der Waals surface area (Å²) in [7, 11) is 0. The fraction of sp³-hybridized carbons (Fsp3) is 0.423. The van der Waals surface area contributed by atoms with E-state index in [1.165, 1.54) is 42.6 Å². The molecule has 0 atom stereocenters. The lowest BCUT2D eigenvalue weighted by Gasteiger charge is -2.20. The van der Waals surface area contributed by atoms with Crippen LogP contribution in [0.3, 0.4) is 0 Å². The number of nitrogens with zero attached hydrogens (tertiary/aromatic N) is 2. The molecule has 3 aromatic rings. The van der Waals surface area contributed by atoms with Gasteiger partial charge in [0.05, 0.1) is 6.54 Å². The first-order valence-corrected chi connectivity index (χ1v) is 11.5. The van der Waals surface area contributed by atoms with Crippen LogP contribution in [0.5, 0.6) is 5.75 Å². The Balaban J connectivity index is 1.39. The summed E-state index contributed by atoms with van der Waals surface area (Å²) in [4.78, 5) is 9.87. The summed E-state index contributed by atoms with van der Waals surface area (Å²) in [5.41, 5.74) is 3.80. The van der Waals surface area contributed by atoms with E-state index in [-0.39, 0.29) is 0 Å². The van der Waals surface area contributed by atoms with E-state index in [1.54, 1.807) is 6.20 Å². The van der Waals surface area contributed by atoms with Crippen LogP contribution in [0.25, 0.3) is 0 Å². The number of benzene rings is 2. The van der Waals surface area contributed by atoms with Crippen LogP contribution >= 0.6 is 0 Å². The quantitative estimate of drug-likeness (QED) is 0.388. The molecule has 0 saturated heterocycles. The Morgan fingerprint density at radius 1 is 0.839 bits per heavy atom. The molecule has 0 bridgehead atoms. The molecule has 5 heteroatoms. The largest absolute Gasteiger partial charge is 0.489 e. The Labute approximate surface area is 186 Å². The highest BCUT2D eigenvalue weighted by Gasteiger charge is 2.04. The highest BCUT2D eigenvalue weighted by atomic mass is 16.5. The van der Waals surface area contributed by atoms with Crippen molar-refractivity contribution in [2.75, 3.05) is 19.6 Å². The van der Waals surface area contributed by atoms with Gasteiger partial charge in [-0.3, -0.25) is 0 Å². The van der Waals surface area contributed by atoms with Gasteiger partial charge in [0, 0.05) is 25.5 Å². The van der Waals surface area contributed by atoms with Crippen LogP contribution in [0.2, 0.25) is 0 Å². The van der Waals surface area contributed by atoms with Crippen molar-refractivity contribution in [3.05, 3.63) is 83.4 Å². The summed E-state index contributed by atoms with van der Waals surface area (Å²) in [5.74, 6) is 1.88. The van der Waals surface area contributed by atoms with Crippen molar-refractivity contribution >= 4 is 0 Å². The summed E-state index contributed by atoms with van der Waals surface area (Å²) >= 11 is 0. The third-order valence-electron chi connectivity index (χ3n) is 5.32. The van der Waals surface area contributed by atoms with Crippen LogP contribution in [0.1, 0.15) is 49.2 Å². The molecule has 0 unspecified atom stereocenters. The standard InChI is InChI=1S/C26H36N4O/c1-3-16-30(17-4-2)18-13-22-9-11-25(12-10-22)31-21-24-7-5-23(6-8-24)19-27-20-26-28-14-15-29-26/h5-12,14-15,27H,3-4,13,16-21H2,1-2H3,(H,28,29). The Morgan fingerprint density at radius 3 is 2.16 bits per heavy atom. The van der Waals surface area contributed by atoms with Crippen LogP contribution in [-0.4, -0.2) is 34.5 Å². The van der Waals surface area contributed by atoms with Crippen molar-refractivity contribution in [1.82, 2.24) is 20.2 Å². The van der Waals surface area contributed by atoms with Gasteiger partial charge in [-0.25, -0.2) is 4.98 Å². The minimum absolute atomic E-state index is 0.584. The average molecular weight is 421 g/mol. The van der Waals surface area contributed by atoms with E-state index in [4.69, 9.17) is 4.74 Å². The lowest BCUT2D eigenvalue weighted by atomic mass is 10.1. The minimum atomic E-state index is 0.584. The number of rotatable bonds is 14. The van der Waals surface area contributed by atoms with E-state index < -0.39 is 0 Å². The fourth-order valence-corrected chi connectivity index (χ4v) is 3.65. The summed E-state index contributed by atoms with van der Waals surface area (Å²) in [6.07, 6.45) is 7.14. The highest BCUT2D eigenvalue weighted by molar-refractivity contribution is 5.28. The van der Waals surface area contributed by atoms with E-state index in [9.17, 15) is 0 Å². The second kappa shape index (κ2) is 12.9. The topological polar surface area (TPSA) is 53.2 Å². The van der Waals surface area contributed by atoms with Gasteiger partial charge in [-0.1, -0.05) is 50.2 Å². The van der Waals surface area contributed by atoms with Crippen LogP contribution in [0, 0.1) is 0 Å². The molecule has 0 amide bonds.